The van der Waals surface area contributed by atoms with Gasteiger partial charge in [-0.15, -0.1) is 11.3 Å². The first-order chi connectivity index (χ1) is 8.34. The standard InChI is InChI=1S/C12H22N4S/c13-11-2-6-16(7-3-11)8-5-14-4-1-12-9-17-10-15-12/h9-11,14H,1-8,13H2. The van der Waals surface area contributed by atoms with Gasteiger partial charge in [-0.05, 0) is 25.9 Å². The Morgan fingerprint density at radius 3 is 2.94 bits per heavy atom. The molecule has 5 heteroatoms. The average molecular weight is 254 g/mol. The van der Waals surface area contributed by atoms with E-state index in [0.29, 0.717) is 6.04 Å². The smallest absolute Gasteiger partial charge is 0.0794 e. The van der Waals surface area contributed by atoms with Crippen LogP contribution in [0.2, 0.25) is 0 Å². The van der Waals surface area contributed by atoms with Gasteiger partial charge in [-0.1, -0.05) is 0 Å². The fourth-order valence-corrected chi connectivity index (χ4v) is 2.71. The van der Waals surface area contributed by atoms with Crippen LogP contribution in [0.15, 0.2) is 10.9 Å². The minimum atomic E-state index is 0.434. The third kappa shape index (κ3) is 4.71. The Bertz CT molecular complexity index is 293. The van der Waals surface area contributed by atoms with Gasteiger partial charge in [0.25, 0.3) is 0 Å². The van der Waals surface area contributed by atoms with Crippen molar-refractivity contribution in [3.8, 4) is 0 Å². The molecule has 4 nitrogen and oxygen atoms in total. The van der Waals surface area contributed by atoms with Crippen LogP contribution in [0.25, 0.3) is 0 Å². The summed E-state index contributed by atoms with van der Waals surface area (Å²) in [4.78, 5) is 6.77. The van der Waals surface area contributed by atoms with Crippen LogP contribution in [0.5, 0.6) is 0 Å². The second-order valence-corrected chi connectivity index (χ2v) is 5.38. The lowest BCUT2D eigenvalue weighted by atomic mass is 10.1. The highest BCUT2D eigenvalue weighted by Crippen LogP contribution is 2.06. The molecule has 1 aliphatic rings. The van der Waals surface area contributed by atoms with Crippen molar-refractivity contribution in [1.29, 1.82) is 0 Å². The fraction of sp³-hybridized carbons (Fsp3) is 0.750. The molecule has 2 heterocycles. The van der Waals surface area contributed by atoms with Gasteiger partial charge >= 0.3 is 0 Å². The predicted octanol–water partition coefficient (Wildman–Crippen LogP) is 0.698. The largest absolute Gasteiger partial charge is 0.328 e. The Labute approximate surface area is 107 Å². The molecule has 1 saturated heterocycles. The van der Waals surface area contributed by atoms with Crippen molar-refractivity contribution < 1.29 is 0 Å². The molecular formula is C12H22N4S. The topological polar surface area (TPSA) is 54.2 Å². The summed E-state index contributed by atoms with van der Waals surface area (Å²) < 4.78 is 0. The van der Waals surface area contributed by atoms with Gasteiger partial charge in [-0.3, -0.25) is 0 Å². The second-order valence-electron chi connectivity index (χ2n) is 4.66. The summed E-state index contributed by atoms with van der Waals surface area (Å²) in [5.74, 6) is 0. The summed E-state index contributed by atoms with van der Waals surface area (Å²) in [5.41, 5.74) is 8.97. The van der Waals surface area contributed by atoms with E-state index in [9.17, 15) is 0 Å². The van der Waals surface area contributed by atoms with Crippen molar-refractivity contribution in [1.82, 2.24) is 15.2 Å². The highest BCUT2D eigenvalue weighted by atomic mass is 32.1. The molecule has 1 aromatic heterocycles. The lowest BCUT2D eigenvalue weighted by Gasteiger charge is -2.29. The summed E-state index contributed by atoms with van der Waals surface area (Å²) in [7, 11) is 0. The fourth-order valence-electron chi connectivity index (χ4n) is 2.12. The predicted molar refractivity (Wildman–Crippen MR) is 72.3 cm³/mol. The molecule has 96 valence electrons. The van der Waals surface area contributed by atoms with Gasteiger partial charge < -0.3 is 16.0 Å². The van der Waals surface area contributed by atoms with Gasteiger partial charge in [0.1, 0.15) is 0 Å². The quantitative estimate of drug-likeness (QED) is 0.734. The van der Waals surface area contributed by atoms with Crippen LogP contribution in [0.1, 0.15) is 18.5 Å². The van der Waals surface area contributed by atoms with E-state index >= 15 is 0 Å². The third-order valence-electron chi connectivity index (χ3n) is 3.28. The first-order valence-corrected chi connectivity index (χ1v) is 7.34. The van der Waals surface area contributed by atoms with Crippen LogP contribution in [0.3, 0.4) is 0 Å². The lowest BCUT2D eigenvalue weighted by Crippen LogP contribution is -2.42. The SMILES string of the molecule is NC1CCN(CCNCCc2cscn2)CC1. The zero-order valence-electron chi connectivity index (χ0n) is 10.3. The van der Waals surface area contributed by atoms with Gasteiger partial charge in [0.05, 0.1) is 11.2 Å². The zero-order chi connectivity index (χ0) is 11.9. The minimum Gasteiger partial charge on any atom is -0.328 e. The number of thiazole rings is 1. The van der Waals surface area contributed by atoms with Crippen LogP contribution >= 0.6 is 11.3 Å². The van der Waals surface area contributed by atoms with Crippen molar-refractivity contribution in [2.75, 3.05) is 32.7 Å². The Hall–Kier alpha value is -0.490. The van der Waals surface area contributed by atoms with Crippen LogP contribution < -0.4 is 11.1 Å². The van der Waals surface area contributed by atoms with Crippen molar-refractivity contribution in [2.45, 2.75) is 25.3 Å². The van der Waals surface area contributed by atoms with E-state index in [1.165, 1.54) is 5.69 Å². The summed E-state index contributed by atoms with van der Waals surface area (Å²) in [5, 5.41) is 5.59. The third-order valence-corrected chi connectivity index (χ3v) is 3.91. The van der Waals surface area contributed by atoms with Gasteiger partial charge in [0, 0.05) is 37.5 Å². The molecule has 3 N–H and O–H groups in total. The number of nitrogens with zero attached hydrogens (tertiary/aromatic N) is 2. The number of likely N-dealkylation sites (tertiary alicyclic amines) is 1. The van der Waals surface area contributed by atoms with Crippen LogP contribution in [-0.4, -0.2) is 48.6 Å². The molecule has 0 atom stereocenters. The summed E-state index contributed by atoms with van der Waals surface area (Å²) >= 11 is 1.67. The van der Waals surface area contributed by atoms with E-state index in [2.05, 4.69) is 20.6 Å². The summed E-state index contributed by atoms with van der Waals surface area (Å²) in [6.45, 7) is 5.56. The van der Waals surface area contributed by atoms with Crippen LogP contribution in [0, 0.1) is 0 Å². The van der Waals surface area contributed by atoms with E-state index in [-0.39, 0.29) is 0 Å². The summed E-state index contributed by atoms with van der Waals surface area (Å²) in [6, 6.07) is 0.434. The van der Waals surface area contributed by atoms with E-state index < -0.39 is 0 Å². The number of hydrogen-bond acceptors (Lipinski definition) is 5. The molecule has 1 fully saturated rings. The Balaban J connectivity index is 1.49. The van der Waals surface area contributed by atoms with E-state index in [1.54, 1.807) is 11.3 Å². The maximum Gasteiger partial charge on any atom is 0.0794 e. The molecule has 0 bridgehead atoms. The highest BCUT2D eigenvalue weighted by molar-refractivity contribution is 7.07. The van der Waals surface area contributed by atoms with Gasteiger partial charge in [-0.2, -0.15) is 0 Å². The summed E-state index contributed by atoms with van der Waals surface area (Å²) in [6.07, 6.45) is 3.34. The molecule has 0 spiro atoms. The first-order valence-electron chi connectivity index (χ1n) is 6.40. The molecule has 2 rings (SSSR count). The molecule has 0 saturated carbocycles. The average Bonchev–Trinajstić information content (AvgIpc) is 2.84. The number of hydrogen-bond donors (Lipinski definition) is 2. The zero-order valence-corrected chi connectivity index (χ0v) is 11.1. The molecule has 0 amide bonds. The molecule has 0 unspecified atom stereocenters. The minimum absolute atomic E-state index is 0.434. The lowest BCUT2D eigenvalue weighted by molar-refractivity contribution is 0.214. The van der Waals surface area contributed by atoms with Gasteiger partial charge in [0.2, 0.25) is 0 Å². The van der Waals surface area contributed by atoms with Crippen molar-refractivity contribution >= 4 is 11.3 Å². The van der Waals surface area contributed by atoms with Crippen molar-refractivity contribution in [2.24, 2.45) is 5.73 Å². The number of nitrogens with two attached hydrogens (primary N) is 1. The Morgan fingerprint density at radius 1 is 1.41 bits per heavy atom. The van der Waals surface area contributed by atoms with E-state index in [1.807, 2.05) is 5.51 Å². The monoisotopic (exact) mass is 254 g/mol. The Morgan fingerprint density at radius 2 is 2.24 bits per heavy atom. The molecule has 1 aromatic rings. The maximum absolute atomic E-state index is 5.88. The number of nitrogens with one attached hydrogen (secondary N) is 1. The molecule has 1 aliphatic heterocycles. The molecular weight excluding hydrogens is 232 g/mol. The first kappa shape index (κ1) is 13.0. The van der Waals surface area contributed by atoms with Crippen molar-refractivity contribution in [3.05, 3.63) is 16.6 Å². The van der Waals surface area contributed by atoms with Crippen molar-refractivity contribution in [3.63, 3.8) is 0 Å². The number of aromatic nitrogens is 1. The number of rotatable bonds is 6. The van der Waals surface area contributed by atoms with Gasteiger partial charge in [-0.25, -0.2) is 4.98 Å². The van der Waals surface area contributed by atoms with Crippen LogP contribution in [-0.2, 0) is 6.42 Å². The molecule has 0 radical (unpaired) electrons. The second kappa shape index (κ2) is 7.06. The number of piperidine rings is 1. The highest BCUT2D eigenvalue weighted by Gasteiger charge is 2.14. The van der Waals surface area contributed by atoms with Gasteiger partial charge in [0.15, 0.2) is 0 Å². The van der Waals surface area contributed by atoms with E-state index in [0.717, 1.165) is 52.0 Å². The molecule has 0 aliphatic carbocycles. The van der Waals surface area contributed by atoms with Crippen LogP contribution in [0.4, 0.5) is 0 Å². The normalized spacial score (nSPS) is 18.6. The molecule has 0 aromatic carbocycles. The molecule has 17 heavy (non-hydrogen) atoms. The van der Waals surface area contributed by atoms with E-state index in [4.69, 9.17) is 5.73 Å². The Kier molecular flexibility index (Phi) is 5.38. The maximum atomic E-state index is 5.88.